The molecule has 4 heteroatoms. The second-order valence-corrected chi connectivity index (χ2v) is 6.08. The van der Waals surface area contributed by atoms with Crippen molar-refractivity contribution >= 4 is 11.6 Å². The van der Waals surface area contributed by atoms with E-state index in [1.807, 2.05) is 24.3 Å². The maximum Gasteiger partial charge on any atom is 0.123 e. The Morgan fingerprint density at radius 2 is 1.55 bits per heavy atom. The van der Waals surface area contributed by atoms with Crippen molar-refractivity contribution in [1.29, 1.82) is 0 Å². The van der Waals surface area contributed by atoms with Crippen LogP contribution in [0.5, 0.6) is 0 Å². The molecule has 2 nitrogen and oxygen atoms in total. The minimum Gasteiger partial charge on any atom is -0.315 e. The highest BCUT2D eigenvalue weighted by molar-refractivity contribution is 6.30. The van der Waals surface area contributed by atoms with Gasteiger partial charge in [-0.15, -0.1) is 0 Å². The number of halogens is 2. The minimum atomic E-state index is -0.198. The molecule has 1 aliphatic rings. The van der Waals surface area contributed by atoms with E-state index >= 15 is 0 Å². The molecule has 0 spiro atoms. The summed E-state index contributed by atoms with van der Waals surface area (Å²) in [6.45, 7) is 4.03. The van der Waals surface area contributed by atoms with Gasteiger partial charge in [0.15, 0.2) is 0 Å². The zero-order chi connectivity index (χ0) is 15.4. The molecule has 22 heavy (non-hydrogen) atoms. The molecule has 2 aromatic carbocycles. The highest BCUT2D eigenvalue weighted by atomic mass is 35.5. The Balaban J connectivity index is 1.96. The number of nitrogens with zero attached hydrogens (tertiary/aromatic N) is 1. The zero-order valence-electron chi connectivity index (χ0n) is 12.4. The molecule has 1 unspecified atom stereocenters. The molecule has 0 radical (unpaired) electrons. The van der Waals surface area contributed by atoms with E-state index in [1.54, 1.807) is 0 Å². The van der Waals surface area contributed by atoms with Gasteiger partial charge in [0.2, 0.25) is 0 Å². The van der Waals surface area contributed by atoms with Gasteiger partial charge < -0.3 is 5.32 Å². The van der Waals surface area contributed by atoms with Gasteiger partial charge in [0.25, 0.3) is 0 Å². The maximum absolute atomic E-state index is 13.3. The van der Waals surface area contributed by atoms with Gasteiger partial charge in [0.1, 0.15) is 5.82 Å². The zero-order valence-corrected chi connectivity index (χ0v) is 13.2. The number of rotatable bonds is 3. The van der Waals surface area contributed by atoms with Crippen LogP contribution in [0.3, 0.4) is 0 Å². The third-order valence-corrected chi connectivity index (χ3v) is 4.36. The molecule has 0 amide bonds. The SMILES string of the molecule is Fc1ccc(C(c2ccc(Cl)cc2)N2CCCNCC2)cc1. The standard InChI is InChI=1S/C18H20ClFN2/c19-16-6-2-14(3-7-16)18(15-4-8-17(20)9-5-15)22-12-1-10-21-11-13-22/h2-9,18,21H,1,10-13H2. The summed E-state index contributed by atoms with van der Waals surface area (Å²) in [5, 5.41) is 4.17. The Morgan fingerprint density at radius 3 is 2.23 bits per heavy atom. The Kier molecular flexibility index (Phi) is 5.08. The van der Waals surface area contributed by atoms with Gasteiger partial charge in [-0.05, 0) is 48.4 Å². The summed E-state index contributed by atoms with van der Waals surface area (Å²) in [6.07, 6.45) is 1.12. The van der Waals surface area contributed by atoms with Crippen molar-refractivity contribution in [2.75, 3.05) is 26.2 Å². The van der Waals surface area contributed by atoms with Gasteiger partial charge in [-0.3, -0.25) is 4.90 Å². The summed E-state index contributed by atoms with van der Waals surface area (Å²) in [4.78, 5) is 2.45. The fraction of sp³-hybridized carbons (Fsp3) is 0.333. The van der Waals surface area contributed by atoms with Crippen LogP contribution in [0, 0.1) is 5.82 Å². The third-order valence-electron chi connectivity index (χ3n) is 4.11. The van der Waals surface area contributed by atoms with E-state index in [0.29, 0.717) is 0 Å². The van der Waals surface area contributed by atoms with Crippen LogP contribution < -0.4 is 5.32 Å². The second kappa shape index (κ2) is 7.23. The first-order valence-corrected chi connectivity index (χ1v) is 8.07. The largest absolute Gasteiger partial charge is 0.315 e. The predicted molar refractivity (Wildman–Crippen MR) is 88.8 cm³/mol. The molecular formula is C18H20ClFN2. The lowest BCUT2D eigenvalue weighted by Gasteiger charge is -2.31. The van der Waals surface area contributed by atoms with Crippen LogP contribution in [0.25, 0.3) is 0 Å². The van der Waals surface area contributed by atoms with E-state index in [-0.39, 0.29) is 11.9 Å². The predicted octanol–water partition coefficient (Wildman–Crippen LogP) is 3.86. The average molecular weight is 319 g/mol. The van der Waals surface area contributed by atoms with E-state index < -0.39 is 0 Å². The van der Waals surface area contributed by atoms with Gasteiger partial charge in [0.05, 0.1) is 6.04 Å². The van der Waals surface area contributed by atoms with Gasteiger partial charge >= 0.3 is 0 Å². The van der Waals surface area contributed by atoms with Crippen molar-refractivity contribution < 1.29 is 4.39 Å². The van der Waals surface area contributed by atoms with Crippen LogP contribution in [0.1, 0.15) is 23.6 Å². The summed E-state index contributed by atoms with van der Waals surface area (Å²) in [6, 6.07) is 14.9. The van der Waals surface area contributed by atoms with Crippen LogP contribution in [0.15, 0.2) is 48.5 Å². The van der Waals surface area contributed by atoms with Crippen LogP contribution >= 0.6 is 11.6 Å². The lowest BCUT2D eigenvalue weighted by atomic mass is 9.96. The molecule has 1 heterocycles. The Hall–Kier alpha value is -1.42. The molecular weight excluding hydrogens is 299 g/mol. The molecule has 3 rings (SSSR count). The average Bonchev–Trinajstić information content (AvgIpc) is 2.81. The van der Waals surface area contributed by atoms with Crippen LogP contribution in [-0.2, 0) is 0 Å². The summed E-state index contributed by atoms with van der Waals surface area (Å²) in [5.74, 6) is -0.198. The van der Waals surface area contributed by atoms with Gasteiger partial charge in [0, 0.05) is 24.7 Å². The monoisotopic (exact) mass is 318 g/mol. The molecule has 1 aliphatic heterocycles. The Morgan fingerprint density at radius 1 is 0.909 bits per heavy atom. The van der Waals surface area contributed by atoms with Gasteiger partial charge in [-0.1, -0.05) is 35.9 Å². The smallest absolute Gasteiger partial charge is 0.123 e. The quantitative estimate of drug-likeness (QED) is 0.924. The number of hydrogen-bond acceptors (Lipinski definition) is 2. The molecule has 1 fully saturated rings. The maximum atomic E-state index is 13.3. The first-order valence-electron chi connectivity index (χ1n) is 7.70. The van der Waals surface area contributed by atoms with E-state index in [1.165, 1.54) is 17.7 Å². The summed E-state index contributed by atoms with van der Waals surface area (Å²) in [5.41, 5.74) is 2.31. The van der Waals surface area contributed by atoms with E-state index in [9.17, 15) is 4.39 Å². The van der Waals surface area contributed by atoms with Crippen molar-refractivity contribution in [2.45, 2.75) is 12.5 Å². The number of benzene rings is 2. The minimum absolute atomic E-state index is 0.137. The van der Waals surface area contributed by atoms with Crippen LogP contribution in [-0.4, -0.2) is 31.1 Å². The molecule has 1 atom stereocenters. The first kappa shape index (κ1) is 15.5. The van der Waals surface area contributed by atoms with E-state index in [4.69, 9.17) is 11.6 Å². The highest BCUT2D eigenvalue weighted by Crippen LogP contribution is 2.30. The molecule has 0 bridgehead atoms. The summed E-state index contributed by atoms with van der Waals surface area (Å²) >= 11 is 6.02. The summed E-state index contributed by atoms with van der Waals surface area (Å²) < 4.78 is 13.3. The van der Waals surface area contributed by atoms with Gasteiger partial charge in [-0.2, -0.15) is 0 Å². The van der Waals surface area contributed by atoms with Gasteiger partial charge in [-0.25, -0.2) is 4.39 Å². The molecule has 116 valence electrons. The normalized spacial score (nSPS) is 17.9. The number of hydrogen-bond donors (Lipinski definition) is 1. The van der Waals surface area contributed by atoms with Crippen LogP contribution in [0.4, 0.5) is 4.39 Å². The van der Waals surface area contributed by atoms with Crippen molar-refractivity contribution in [3.63, 3.8) is 0 Å². The fourth-order valence-corrected chi connectivity index (χ4v) is 3.16. The molecule has 2 aromatic rings. The Bertz CT molecular complexity index is 544. The first-order chi connectivity index (χ1) is 10.7. The molecule has 1 saturated heterocycles. The Labute approximate surface area is 135 Å². The fourth-order valence-electron chi connectivity index (χ4n) is 3.03. The highest BCUT2D eigenvalue weighted by Gasteiger charge is 2.23. The van der Waals surface area contributed by atoms with E-state index in [2.05, 4.69) is 22.3 Å². The molecule has 1 N–H and O–H groups in total. The van der Waals surface area contributed by atoms with Crippen molar-refractivity contribution in [3.05, 3.63) is 70.5 Å². The van der Waals surface area contributed by atoms with E-state index in [0.717, 1.165) is 43.2 Å². The lowest BCUT2D eigenvalue weighted by molar-refractivity contribution is 0.241. The van der Waals surface area contributed by atoms with Crippen molar-refractivity contribution in [2.24, 2.45) is 0 Å². The van der Waals surface area contributed by atoms with Crippen molar-refractivity contribution in [3.8, 4) is 0 Å². The van der Waals surface area contributed by atoms with Crippen LogP contribution in [0.2, 0.25) is 5.02 Å². The number of nitrogens with one attached hydrogen (secondary N) is 1. The second-order valence-electron chi connectivity index (χ2n) is 5.65. The topological polar surface area (TPSA) is 15.3 Å². The summed E-state index contributed by atoms with van der Waals surface area (Å²) in [7, 11) is 0. The van der Waals surface area contributed by atoms with Crippen molar-refractivity contribution in [1.82, 2.24) is 10.2 Å². The molecule has 0 aliphatic carbocycles. The lowest BCUT2D eigenvalue weighted by Crippen LogP contribution is -2.33. The third kappa shape index (κ3) is 3.67. The molecule has 0 saturated carbocycles. The molecule has 0 aromatic heterocycles.